The maximum Gasteiger partial charge on any atom is 0.308 e. The normalized spacial score (nSPS) is 39.4. The predicted molar refractivity (Wildman–Crippen MR) is 90.3 cm³/mol. The molecule has 4 rings (SSSR count). The Morgan fingerprint density at radius 3 is 2.67 bits per heavy atom. The minimum Gasteiger partial charge on any atom is -0.461 e. The molecule has 4 fully saturated rings. The number of piperidine rings is 4. The smallest absolute Gasteiger partial charge is 0.308 e. The predicted octanol–water partition coefficient (Wildman–Crippen LogP) is 2.05. The molecule has 4 heterocycles. The van der Waals surface area contributed by atoms with Crippen molar-refractivity contribution in [2.75, 3.05) is 19.6 Å². The maximum absolute atomic E-state index is 12.3. The summed E-state index contributed by atoms with van der Waals surface area (Å²) in [5, 5.41) is 0. The van der Waals surface area contributed by atoms with Gasteiger partial charge in [-0.2, -0.15) is 0 Å². The van der Waals surface area contributed by atoms with Gasteiger partial charge in [-0.15, -0.1) is 0 Å². The largest absolute Gasteiger partial charge is 0.461 e. The number of nitrogens with zero attached hydrogens (tertiary/aromatic N) is 2. The van der Waals surface area contributed by atoms with Gasteiger partial charge in [-0.1, -0.05) is 13.8 Å². The molecule has 0 N–H and O–H groups in total. The van der Waals surface area contributed by atoms with Gasteiger partial charge in [0.1, 0.15) is 6.10 Å². The molecule has 4 saturated heterocycles. The van der Waals surface area contributed by atoms with Gasteiger partial charge in [-0.3, -0.25) is 14.5 Å². The van der Waals surface area contributed by atoms with Crippen LogP contribution in [0.25, 0.3) is 0 Å². The molecule has 0 aromatic rings. The van der Waals surface area contributed by atoms with E-state index in [1.54, 1.807) is 0 Å². The summed E-state index contributed by atoms with van der Waals surface area (Å²) in [6.07, 6.45) is 6.38. The minimum absolute atomic E-state index is 0.0507. The van der Waals surface area contributed by atoms with Crippen LogP contribution in [0.1, 0.15) is 52.4 Å². The fourth-order valence-corrected chi connectivity index (χ4v) is 5.49. The Balaban J connectivity index is 1.44. The van der Waals surface area contributed by atoms with Crippen molar-refractivity contribution in [3.8, 4) is 0 Å². The molecule has 1 amide bonds. The van der Waals surface area contributed by atoms with E-state index in [1.807, 2.05) is 13.8 Å². The SMILES string of the molecule is CC(C)C(=O)O[C@H]1CCC2C3CC(CN2C1)C1CCCC(=O)N1C3. The Hall–Kier alpha value is -1.10. The number of hydrogen-bond acceptors (Lipinski definition) is 4. The van der Waals surface area contributed by atoms with Gasteiger partial charge in [-0.25, -0.2) is 0 Å². The van der Waals surface area contributed by atoms with Gasteiger partial charge in [0.2, 0.25) is 5.91 Å². The van der Waals surface area contributed by atoms with Crippen LogP contribution in [-0.2, 0) is 14.3 Å². The molecule has 0 radical (unpaired) electrons. The summed E-state index contributed by atoms with van der Waals surface area (Å²) in [7, 11) is 0. The monoisotopic (exact) mass is 334 g/mol. The summed E-state index contributed by atoms with van der Waals surface area (Å²) < 4.78 is 5.70. The van der Waals surface area contributed by atoms with Crippen LogP contribution in [0.2, 0.25) is 0 Å². The van der Waals surface area contributed by atoms with Gasteiger partial charge in [-0.05, 0) is 43.9 Å². The quantitative estimate of drug-likeness (QED) is 0.725. The van der Waals surface area contributed by atoms with Crippen LogP contribution >= 0.6 is 0 Å². The summed E-state index contributed by atoms with van der Waals surface area (Å²) in [5.41, 5.74) is 0. The third-order valence-corrected chi connectivity index (χ3v) is 6.65. The lowest BCUT2D eigenvalue weighted by Gasteiger charge is -2.57. The van der Waals surface area contributed by atoms with Crippen molar-refractivity contribution < 1.29 is 14.3 Å². The molecule has 5 nitrogen and oxygen atoms in total. The van der Waals surface area contributed by atoms with Crippen molar-refractivity contribution in [1.82, 2.24) is 9.80 Å². The molecule has 4 unspecified atom stereocenters. The van der Waals surface area contributed by atoms with Crippen molar-refractivity contribution in [3.63, 3.8) is 0 Å². The van der Waals surface area contributed by atoms with E-state index in [9.17, 15) is 9.59 Å². The number of rotatable bonds is 2. The third kappa shape index (κ3) is 2.85. The van der Waals surface area contributed by atoms with Gasteiger partial charge < -0.3 is 9.64 Å². The molecule has 4 aliphatic heterocycles. The maximum atomic E-state index is 12.3. The fraction of sp³-hybridized carbons (Fsp3) is 0.895. The van der Waals surface area contributed by atoms with E-state index >= 15 is 0 Å². The highest BCUT2D eigenvalue weighted by Crippen LogP contribution is 2.43. The standard InChI is InChI=1S/C19H30N2O3/c1-12(2)19(23)24-15-6-7-16-14-8-13(9-20(16)11-15)17-4-3-5-18(22)21(17)10-14/h12-17H,3-11H2,1-2H3/t13?,14?,15-,16?,17?/m0/s1. The first-order valence-corrected chi connectivity index (χ1v) is 9.77. The number of hydrogen-bond donors (Lipinski definition) is 0. The lowest BCUT2D eigenvalue weighted by molar-refractivity contribution is -0.163. The molecule has 0 aliphatic carbocycles. The summed E-state index contributed by atoms with van der Waals surface area (Å²) in [4.78, 5) is 29.0. The summed E-state index contributed by atoms with van der Waals surface area (Å²) >= 11 is 0. The zero-order valence-corrected chi connectivity index (χ0v) is 14.9. The Kier molecular flexibility index (Phi) is 4.31. The molecule has 5 atom stereocenters. The first-order valence-electron chi connectivity index (χ1n) is 9.77. The zero-order chi connectivity index (χ0) is 16.8. The van der Waals surface area contributed by atoms with Crippen LogP contribution in [0, 0.1) is 17.8 Å². The second-order valence-corrected chi connectivity index (χ2v) is 8.57. The van der Waals surface area contributed by atoms with E-state index in [2.05, 4.69) is 9.80 Å². The Bertz CT molecular complexity index is 521. The van der Waals surface area contributed by atoms with Crippen LogP contribution in [0.4, 0.5) is 0 Å². The Labute approximate surface area is 144 Å². The number of fused-ring (bicyclic) bond motifs is 6. The molecule has 0 aromatic heterocycles. The molecule has 2 bridgehead atoms. The number of esters is 1. The molecule has 4 aliphatic rings. The van der Waals surface area contributed by atoms with E-state index in [4.69, 9.17) is 4.74 Å². The number of carbonyl (C=O) groups is 2. The highest BCUT2D eigenvalue weighted by atomic mass is 16.5. The van der Waals surface area contributed by atoms with Crippen LogP contribution in [-0.4, -0.2) is 59.5 Å². The summed E-state index contributed by atoms with van der Waals surface area (Å²) in [6.45, 7) is 6.71. The molecule has 0 saturated carbocycles. The third-order valence-electron chi connectivity index (χ3n) is 6.65. The Morgan fingerprint density at radius 2 is 1.88 bits per heavy atom. The second-order valence-electron chi connectivity index (χ2n) is 8.57. The molecular weight excluding hydrogens is 304 g/mol. The van der Waals surface area contributed by atoms with Crippen molar-refractivity contribution in [1.29, 1.82) is 0 Å². The van der Waals surface area contributed by atoms with Gasteiger partial charge in [0, 0.05) is 38.1 Å². The molecule has 0 spiro atoms. The van der Waals surface area contributed by atoms with Crippen molar-refractivity contribution >= 4 is 11.9 Å². The van der Waals surface area contributed by atoms with Crippen LogP contribution in [0.5, 0.6) is 0 Å². The van der Waals surface area contributed by atoms with Crippen molar-refractivity contribution in [2.45, 2.75) is 70.6 Å². The van der Waals surface area contributed by atoms with Crippen molar-refractivity contribution in [3.05, 3.63) is 0 Å². The Morgan fingerprint density at radius 1 is 1.08 bits per heavy atom. The summed E-state index contributed by atoms with van der Waals surface area (Å²) in [5.74, 6) is 1.49. The van der Waals surface area contributed by atoms with E-state index < -0.39 is 0 Å². The van der Waals surface area contributed by atoms with E-state index in [0.29, 0.717) is 29.8 Å². The van der Waals surface area contributed by atoms with Gasteiger partial charge >= 0.3 is 5.97 Å². The lowest BCUT2D eigenvalue weighted by atomic mass is 9.70. The topological polar surface area (TPSA) is 49.9 Å². The minimum atomic E-state index is -0.0697. The summed E-state index contributed by atoms with van der Waals surface area (Å²) in [6, 6.07) is 1.04. The fourth-order valence-electron chi connectivity index (χ4n) is 5.49. The first kappa shape index (κ1) is 16.4. The molecule has 0 aromatic carbocycles. The second kappa shape index (κ2) is 6.32. The average molecular weight is 334 g/mol. The van der Waals surface area contributed by atoms with Crippen LogP contribution < -0.4 is 0 Å². The molecular formula is C19H30N2O3. The van der Waals surface area contributed by atoms with Crippen molar-refractivity contribution in [2.24, 2.45) is 17.8 Å². The van der Waals surface area contributed by atoms with E-state index in [-0.39, 0.29) is 18.0 Å². The van der Waals surface area contributed by atoms with Crippen LogP contribution in [0.15, 0.2) is 0 Å². The number of amides is 1. The highest BCUT2D eigenvalue weighted by Gasteiger charge is 2.49. The average Bonchev–Trinajstić information content (AvgIpc) is 2.55. The lowest BCUT2D eigenvalue weighted by Crippen LogP contribution is -2.65. The van der Waals surface area contributed by atoms with Gasteiger partial charge in [0.15, 0.2) is 0 Å². The zero-order valence-electron chi connectivity index (χ0n) is 14.9. The first-order chi connectivity index (χ1) is 11.5. The number of ether oxygens (including phenoxy) is 1. The molecule has 24 heavy (non-hydrogen) atoms. The molecule has 134 valence electrons. The highest BCUT2D eigenvalue weighted by molar-refractivity contribution is 5.77. The van der Waals surface area contributed by atoms with Gasteiger partial charge in [0.05, 0.1) is 5.92 Å². The van der Waals surface area contributed by atoms with Gasteiger partial charge in [0.25, 0.3) is 0 Å². The molecule has 5 heteroatoms. The van der Waals surface area contributed by atoms with E-state index in [0.717, 1.165) is 45.3 Å². The number of carbonyl (C=O) groups excluding carboxylic acids is 2. The van der Waals surface area contributed by atoms with E-state index in [1.165, 1.54) is 12.8 Å². The van der Waals surface area contributed by atoms with Crippen LogP contribution in [0.3, 0.4) is 0 Å².